The van der Waals surface area contributed by atoms with Gasteiger partial charge in [-0.25, -0.2) is 9.18 Å². The van der Waals surface area contributed by atoms with E-state index in [2.05, 4.69) is 5.32 Å². The molecule has 3 nitrogen and oxygen atoms in total. The van der Waals surface area contributed by atoms with Gasteiger partial charge in [0, 0.05) is 17.4 Å². The quantitative estimate of drug-likeness (QED) is 0.839. The molecule has 1 aliphatic rings. The average Bonchev–Trinajstić information content (AvgIpc) is 2.74. The predicted molar refractivity (Wildman–Crippen MR) is 77.5 cm³/mol. The lowest BCUT2D eigenvalue weighted by Gasteiger charge is -2.23. The van der Waals surface area contributed by atoms with Crippen LogP contribution in [-0.4, -0.2) is 12.1 Å². The third-order valence-corrected chi connectivity index (χ3v) is 3.50. The number of urea groups is 1. The first-order valence-electron chi connectivity index (χ1n) is 6.59. The molecule has 0 radical (unpaired) electrons. The molecule has 0 saturated heterocycles. The minimum Gasteiger partial charge on any atom is -0.307 e. The van der Waals surface area contributed by atoms with Gasteiger partial charge in [0.25, 0.3) is 0 Å². The van der Waals surface area contributed by atoms with E-state index in [1.165, 1.54) is 12.1 Å². The molecule has 0 aromatic heterocycles. The maximum atomic E-state index is 13.1. The first kappa shape index (κ1) is 12.7. The molecule has 0 spiro atoms. The van der Waals surface area contributed by atoms with Gasteiger partial charge < -0.3 is 5.32 Å². The topological polar surface area (TPSA) is 32.3 Å². The molecule has 4 heteroatoms. The number of hydrogen-bond donors (Lipinski definition) is 1. The van der Waals surface area contributed by atoms with Gasteiger partial charge in [-0.2, -0.15) is 0 Å². The molecule has 0 fully saturated rings. The van der Waals surface area contributed by atoms with Crippen LogP contribution in [0.4, 0.5) is 20.6 Å². The number of nitrogens with one attached hydrogen (secondary N) is 1. The van der Waals surface area contributed by atoms with Crippen molar-refractivity contribution >= 4 is 17.4 Å². The van der Waals surface area contributed by atoms with Crippen molar-refractivity contribution in [1.29, 1.82) is 0 Å². The van der Waals surface area contributed by atoms with E-state index in [1.807, 2.05) is 31.2 Å². The number of fused-ring (bicyclic) bond motifs is 1. The van der Waals surface area contributed by atoms with Gasteiger partial charge in [-0.1, -0.05) is 24.3 Å². The predicted octanol–water partition coefficient (Wildman–Crippen LogP) is 3.81. The minimum atomic E-state index is -0.363. The lowest BCUT2D eigenvalue weighted by molar-refractivity contribution is 0.256. The Kier molecular flexibility index (Phi) is 3.14. The fourth-order valence-electron chi connectivity index (χ4n) is 2.62. The minimum absolute atomic E-state index is 0.0981. The SMILES string of the molecule is CC1Cc2ccccc2N1C(=O)Nc1cccc(F)c1. The zero-order valence-electron chi connectivity index (χ0n) is 11.1. The van der Waals surface area contributed by atoms with E-state index >= 15 is 0 Å². The smallest absolute Gasteiger partial charge is 0.307 e. The summed E-state index contributed by atoms with van der Waals surface area (Å²) in [5.41, 5.74) is 2.55. The summed E-state index contributed by atoms with van der Waals surface area (Å²) < 4.78 is 13.1. The van der Waals surface area contributed by atoms with Crippen molar-refractivity contribution in [2.45, 2.75) is 19.4 Å². The van der Waals surface area contributed by atoms with Gasteiger partial charge in [0.15, 0.2) is 0 Å². The number of amides is 2. The Bertz CT molecular complexity index is 656. The van der Waals surface area contributed by atoms with Gasteiger partial charge in [-0.05, 0) is 43.2 Å². The molecule has 20 heavy (non-hydrogen) atoms. The number of carbonyl (C=O) groups is 1. The first-order chi connectivity index (χ1) is 9.65. The van der Waals surface area contributed by atoms with Crippen molar-refractivity contribution in [3.8, 4) is 0 Å². The van der Waals surface area contributed by atoms with Crippen LogP contribution in [0, 0.1) is 5.82 Å². The van der Waals surface area contributed by atoms with Gasteiger partial charge in [0.1, 0.15) is 5.82 Å². The van der Waals surface area contributed by atoms with Crippen molar-refractivity contribution in [2.24, 2.45) is 0 Å². The van der Waals surface area contributed by atoms with Gasteiger partial charge >= 0.3 is 6.03 Å². The second kappa shape index (κ2) is 4.96. The van der Waals surface area contributed by atoms with E-state index in [9.17, 15) is 9.18 Å². The number of carbonyl (C=O) groups excluding carboxylic acids is 1. The van der Waals surface area contributed by atoms with Gasteiger partial charge in [-0.3, -0.25) is 4.90 Å². The van der Waals surface area contributed by atoms with Crippen molar-refractivity contribution in [3.05, 3.63) is 59.9 Å². The Hall–Kier alpha value is -2.36. The second-order valence-corrected chi connectivity index (χ2v) is 4.99. The molecule has 1 heterocycles. The van der Waals surface area contributed by atoms with Crippen LogP contribution < -0.4 is 10.2 Å². The number of hydrogen-bond acceptors (Lipinski definition) is 1. The maximum Gasteiger partial charge on any atom is 0.326 e. The highest BCUT2D eigenvalue weighted by Gasteiger charge is 2.30. The molecule has 2 amide bonds. The molecule has 2 aromatic rings. The molecule has 0 bridgehead atoms. The average molecular weight is 270 g/mol. The van der Waals surface area contributed by atoms with Gasteiger partial charge in [0.2, 0.25) is 0 Å². The summed E-state index contributed by atoms with van der Waals surface area (Å²) in [6.07, 6.45) is 0.840. The Morgan fingerprint density at radius 1 is 1.25 bits per heavy atom. The van der Waals surface area contributed by atoms with E-state index in [1.54, 1.807) is 17.0 Å². The molecule has 1 atom stereocenters. The summed E-state index contributed by atoms with van der Waals surface area (Å²) >= 11 is 0. The highest BCUT2D eigenvalue weighted by Crippen LogP contribution is 2.32. The first-order valence-corrected chi connectivity index (χ1v) is 6.59. The van der Waals surface area contributed by atoms with E-state index in [4.69, 9.17) is 0 Å². The Morgan fingerprint density at radius 2 is 2.05 bits per heavy atom. The van der Waals surface area contributed by atoms with Crippen molar-refractivity contribution in [2.75, 3.05) is 10.2 Å². The number of benzene rings is 2. The van der Waals surface area contributed by atoms with Crippen LogP contribution in [0.15, 0.2) is 48.5 Å². The van der Waals surface area contributed by atoms with Crippen molar-refractivity contribution in [3.63, 3.8) is 0 Å². The van der Waals surface area contributed by atoms with Crippen molar-refractivity contribution < 1.29 is 9.18 Å². The Labute approximate surface area is 117 Å². The third-order valence-electron chi connectivity index (χ3n) is 3.50. The van der Waals surface area contributed by atoms with E-state index in [0.29, 0.717) is 5.69 Å². The Balaban J connectivity index is 1.84. The molecule has 1 aliphatic heterocycles. The number of halogens is 1. The standard InChI is InChI=1S/C16H15FN2O/c1-11-9-12-5-2-3-8-15(12)19(11)16(20)18-14-7-4-6-13(17)10-14/h2-8,10-11H,9H2,1H3,(H,18,20). The molecule has 3 rings (SSSR count). The molecular formula is C16H15FN2O. The fraction of sp³-hybridized carbons (Fsp3) is 0.188. The van der Waals surface area contributed by atoms with Gasteiger partial charge in [0.05, 0.1) is 0 Å². The molecule has 0 saturated carbocycles. The van der Waals surface area contributed by atoms with E-state index in [-0.39, 0.29) is 17.9 Å². The Morgan fingerprint density at radius 3 is 2.85 bits per heavy atom. The fourth-order valence-corrected chi connectivity index (χ4v) is 2.62. The number of para-hydroxylation sites is 1. The van der Waals surface area contributed by atoms with Crippen LogP contribution in [0.1, 0.15) is 12.5 Å². The third kappa shape index (κ3) is 2.25. The molecule has 1 N–H and O–H groups in total. The molecular weight excluding hydrogens is 255 g/mol. The summed E-state index contributed by atoms with van der Waals surface area (Å²) in [5.74, 6) is -0.363. The van der Waals surface area contributed by atoms with Crippen LogP contribution in [0.25, 0.3) is 0 Å². The van der Waals surface area contributed by atoms with Crippen LogP contribution in [0.3, 0.4) is 0 Å². The molecule has 2 aromatic carbocycles. The highest BCUT2D eigenvalue weighted by molar-refractivity contribution is 6.03. The summed E-state index contributed by atoms with van der Waals surface area (Å²) in [6.45, 7) is 2.01. The summed E-state index contributed by atoms with van der Waals surface area (Å²) in [5, 5.41) is 2.74. The largest absolute Gasteiger partial charge is 0.326 e. The van der Waals surface area contributed by atoms with Crippen LogP contribution in [0.2, 0.25) is 0 Å². The second-order valence-electron chi connectivity index (χ2n) is 4.99. The summed E-state index contributed by atoms with van der Waals surface area (Å²) in [7, 11) is 0. The lowest BCUT2D eigenvalue weighted by Crippen LogP contribution is -2.39. The van der Waals surface area contributed by atoms with Crippen LogP contribution in [-0.2, 0) is 6.42 Å². The molecule has 0 aliphatic carbocycles. The van der Waals surface area contributed by atoms with Crippen LogP contribution >= 0.6 is 0 Å². The normalized spacial score (nSPS) is 16.9. The highest BCUT2D eigenvalue weighted by atomic mass is 19.1. The number of nitrogens with zero attached hydrogens (tertiary/aromatic N) is 1. The van der Waals surface area contributed by atoms with E-state index < -0.39 is 0 Å². The summed E-state index contributed by atoms with van der Waals surface area (Å²) in [6, 6.07) is 13.6. The molecule has 102 valence electrons. The zero-order chi connectivity index (χ0) is 14.1. The monoisotopic (exact) mass is 270 g/mol. The summed E-state index contributed by atoms with van der Waals surface area (Å²) in [4.78, 5) is 14.1. The van der Waals surface area contributed by atoms with E-state index in [0.717, 1.165) is 17.7 Å². The van der Waals surface area contributed by atoms with Gasteiger partial charge in [-0.15, -0.1) is 0 Å². The molecule has 1 unspecified atom stereocenters. The maximum absolute atomic E-state index is 13.1. The van der Waals surface area contributed by atoms with Crippen LogP contribution in [0.5, 0.6) is 0 Å². The van der Waals surface area contributed by atoms with Crippen molar-refractivity contribution in [1.82, 2.24) is 0 Å². The zero-order valence-corrected chi connectivity index (χ0v) is 11.1. The number of rotatable bonds is 1. The lowest BCUT2D eigenvalue weighted by atomic mass is 10.1. The number of anilines is 2.